The summed E-state index contributed by atoms with van der Waals surface area (Å²) in [4.78, 5) is 13.3. The van der Waals surface area contributed by atoms with Gasteiger partial charge in [-0.25, -0.2) is 0 Å². The minimum atomic E-state index is -0.120. The first-order chi connectivity index (χ1) is 8.70. The Morgan fingerprint density at radius 1 is 1.44 bits per heavy atom. The van der Waals surface area contributed by atoms with Gasteiger partial charge in [-0.15, -0.1) is 0 Å². The summed E-state index contributed by atoms with van der Waals surface area (Å²) in [6.07, 6.45) is -0.120. The minimum Gasteiger partial charge on any atom is -0.486 e. The molecule has 1 aromatic rings. The molecule has 0 aromatic heterocycles. The second-order valence-corrected chi connectivity index (χ2v) is 4.30. The Balaban J connectivity index is 1.91. The number of carbonyl (C=O) groups excluding carboxylic acids is 1. The van der Waals surface area contributed by atoms with Crippen LogP contribution in [0.1, 0.15) is 0 Å². The number of para-hydroxylation sites is 2. The molecule has 0 saturated carbocycles. The van der Waals surface area contributed by atoms with Crippen molar-refractivity contribution in [3.05, 3.63) is 24.3 Å². The molecule has 1 amide bonds. The molecule has 0 aliphatic carbocycles. The van der Waals surface area contributed by atoms with E-state index in [2.05, 4.69) is 5.32 Å². The van der Waals surface area contributed by atoms with Crippen LogP contribution in [0.5, 0.6) is 11.5 Å². The molecule has 0 unspecified atom stereocenters. The third-order valence-corrected chi connectivity index (χ3v) is 2.80. The van der Waals surface area contributed by atoms with Crippen LogP contribution in [0.2, 0.25) is 0 Å². The molecule has 5 heteroatoms. The Hall–Kier alpha value is -1.75. The first-order valence-corrected chi connectivity index (χ1v) is 5.97. The van der Waals surface area contributed by atoms with Crippen molar-refractivity contribution < 1.29 is 14.3 Å². The minimum absolute atomic E-state index is 0.0416. The number of hydrogen-bond donors (Lipinski definition) is 1. The Morgan fingerprint density at radius 2 is 2.17 bits per heavy atom. The highest BCUT2D eigenvalue weighted by molar-refractivity contribution is 5.77. The van der Waals surface area contributed by atoms with Crippen LogP contribution >= 0.6 is 0 Å². The maximum Gasteiger partial charge on any atom is 0.236 e. The standard InChI is InChI=1S/C13H18N2O3/c1-14-7-13(16)15(2)8-10-9-17-11-5-3-4-6-12(11)18-10/h3-6,10,14H,7-9H2,1-2H3/t10-/m1/s1. The lowest BCUT2D eigenvalue weighted by Crippen LogP contribution is -2.44. The number of amides is 1. The molecule has 1 heterocycles. The summed E-state index contributed by atoms with van der Waals surface area (Å²) in [5, 5.41) is 2.84. The maximum atomic E-state index is 11.6. The predicted octanol–water partition coefficient (Wildman–Crippen LogP) is 0.504. The van der Waals surface area contributed by atoms with Gasteiger partial charge in [0.2, 0.25) is 5.91 Å². The van der Waals surface area contributed by atoms with Gasteiger partial charge < -0.3 is 19.7 Å². The van der Waals surface area contributed by atoms with Gasteiger partial charge in [0.1, 0.15) is 6.61 Å². The summed E-state index contributed by atoms with van der Waals surface area (Å²) < 4.78 is 11.4. The van der Waals surface area contributed by atoms with Crippen molar-refractivity contribution in [1.29, 1.82) is 0 Å². The van der Waals surface area contributed by atoms with Gasteiger partial charge in [0.05, 0.1) is 13.1 Å². The highest BCUT2D eigenvalue weighted by Crippen LogP contribution is 2.30. The molecule has 1 aromatic carbocycles. The van der Waals surface area contributed by atoms with E-state index in [0.717, 1.165) is 11.5 Å². The Morgan fingerprint density at radius 3 is 2.89 bits per heavy atom. The maximum absolute atomic E-state index is 11.6. The van der Waals surface area contributed by atoms with Crippen LogP contribution in [0.15, 0.2) is 24.3 Å². The molecule has 5 nitrogen and oxygen atoms in total. The largest absolute Gasteiger partial charge is 0.486 e. The molecule has 1 aliphatic heterocycles. The molecule has 1 aliphatic rings. The van der Waals surface area contributed by atoms with Gasteiger partial charge in [0, 0.05) is 7.05 Å². The van der Waals surface area contributed by atoms with Gasteiger partial charge in [-0.05, 0) is 19.2 Å². The monoisotopic (exact) mass is 250 g/mol. The van der Waals surface area contributed by atoms with E-state index in [1.165, 1.54) is 0 Å². The van der Waals surface area contributed by atoms with Crippen LogP contribution in [-0.4, -0.2) is 50.7 Å². The summed E-state index contributed by atoms with van der Waals surface area (Å²) in [5.74, 6) is 1.54. The van der Waals surface area contributed by atoms with Crippen molar-refractivity contribution in [2.24, 2.45) is 0 Å². The molecule has 0 bridgehead atoms. The first kappa shape index (κ1) is 12.7. The van der Waals surface area contributed by atoms with Crippen LogP contribution in [-0.2, 0) is 4.79 Å². The lowest BCUT2D eigenvalue weighted by Gasteiger charge is -2.29. The Labute approximate surface area is 107 Å². The number of nitrogens with one attached hydrogen (secondary N) is 1. The van der Waals surface area contributed by atoms with Crippen LogP contribution in [0.25, 0.3) is 0 Å². The second-order valence-electron chi connectivity index (χ2n) is 4.30. The molecular weight excluding hydrogens is 232 g/mol. The van der Waals surface area contributed by atoms with Crippen molar-refractivity contribution in [2.75, 3.05) is 33.8 Å². The molecule has 98 valence electrons. The summed E-state index contributed by atoms with van der Waals surface area (Å²) in [7, 11) is 3.52. The topological polar surface area (TPSA) is 50.8 Å². The summed E-state index contributed by atoms with van der Waals surface area (Å²) in [6.45, 7) is 1.32. The number of hydrogen-bond acceptors (Lipinski definition) is 4. The van der Waals surface area contributed by atoms with Crippen LogP contribution in [0, 0.1) is 0 Å². The van der Waals surface area contributed by atoms with Gasteiger partial charge in [0.25, 0.3) is 0 Å². The van der Waals surface area contributed by atoms with Gasteiger partial charge in [-0.1, -0.05) is 12.1 Å². The third kappa shape index (κ3) is 2.92. The summed E-state index contributed by atoms with van der Waals surface area (Å²) in [6, 6.07) is 7.56. The van der Waals surface area contributed by atoms with E-state index >= 15 is 0 Å². The van der Waals surface area contributed by atoms with E-state index in [-0.39, 0.29) is 12.0 Å². The summed E-state index contributed by atoms with van der Waals surface area (Å²) in [5.41, 5.74) is 0. The number of fused-ring (bicyclic) bond motifs is 1. The van der Waals surface area contributed by atoms with Gasteiger partial charge >= 0.3 is 0 Å². The quantitative estimate of drug-likeness (QED) is 0.845. The summed E-state index contributed by atoms with van der Waals surface area (Å²) >= 11 is 0. The van der Waals surface area contributed by atoms with Gasteiger partial charge in [-0.3, -0.25) is 4.79 Å². The molecule has 0 spiro atoms. The van der Waals surface area contributed by atoms with Crippen molar-refractivity contribution in [1.82, 2.24) is 10.2 Å². The second kappa shape index (κ2) is 5.73. The van der Waals surface area contributed by atoms with Crippen molar-refractivity contribution in [3.8, 4) is 11.5 Å². The number of likely N-dealkylation sites (N-methyl/N-ethyl adjacent to an activating group) is 2. The molecular formula is C13H18N2O3. The zero-order chi connectivity index (χ0) is 13.0. The Kier molecular flexibility index (Phi) is 4.04. The molecule has 2 rings (SSSR count). The number of carbonyl (C=O) groups is 1. The van der Waals surface area contributed by atoms with E-state index in [0.29, 0.717) is 19.7 Å². The lowest BCUT2D eigenvalue weighted by atomic mass is 10.2. The van der Waals surface area contributed by atoms with Crippen LogP contribution in [0.4, 0.5) is 0 Å². The molecule has 1 N–H and O–H groups in total. The molecule has 0 fully saturated rings. The number of ether oxygens (including phenoxy) is 2. The lowest BCUT2D eigenvalue weighted by molar-refractivity contribution is -0.130. The number of benzene rings is 1. The van der Waals surface area contributed by atoms with Gasteiger partial charge in [-0.2, -0.15) is 0 Å². The Bertz CT molecular complexity index is 422. The van der Waals surface area contributed by atoms with Crippen molar-refractivity contribution in [3.63, 3.8) is 0 Å². The van der Waals surface area contributed by atoms with E-state index in [1.807, 2.05) is 24.3 Å². The van der Waals surface area contributed by atoms with E-state index < -0.39 is 0 Å². The molecule has 1 atom stereocenters. The normalized spacial score (nSPS) is 17.3. The third-order valence-electron chi connectivity index (χ3n) is 2.80. The van der Waals surface area contributed by atoms with Crippen LogP contribution < -0.4 is 14.8 Å². The molecule has 0 saturated heterocycles. The van der Waals surface area contributed by atoms with E-state index in [1.54, 1.807) is 19.0 Å². The van der Waals surface area contributed by atoms with E-state index in [9.17, 15) is 4.79 Å². The van der Waals surface area contributed by atoms with E-state index in [4.69, 9.17) is 9.47 Å². The number of rotatable bonds is 4. The van der Waals surface area contributed by atoms with Crippen molar-refractivity contribution in [2.45, 2.75) is 6.10 Å². The average molecular weight is 250 g/mol. The molecule has 18 heavy (non-hydrogen) atoms. The fourth-order valence-electron chi connectivity index (χ4n) is 1.85. The first-order valence-electron chi connectivity index (χ1n) is 5.97. The smallest absolute Gasteiger partial charge is 0.236 e. The van der Waals surface area contributed by atoms with Gasteiger partial charge in [0.15, 0.2) is 17.6 Å². The fraction of sp³-hybridized carbons (Fsp3) is 0.462. The predicted molar refractivity (Wildman–Crippen MR) is 67.9 cm³/mol. The SMILES string of the molecule is CNCC(=O)N(C)C[C@@H]1COc2ccccc2O1. The van der Waals surface area contributed by atoms with Crippen molar-refractivity contribution >= 4 is 5.91 Å². The average Bonchev–Trinajstić information content (AvgIpc) is 2.39. The highest BCUT2D eigenvalue weighted by atomic mass is 16.6. The number of nitrogens with zero attached hydrogens (tertiary/aromatic N) is 1. The highest BCUT2D eigenvalue weighted by Gasteiger charge is 2.23. The fourth-order valence-corrected chi connectivity index (χ4v) is 1.85. The molecule has 0 radical (unpaired) electrons. The zero-order valence-electron chi connectivity index (χ0n) is 10.7. The zero-order valence-corrected chi connectivity index (χ0v) is 10.7. The van der Waals surface area contributed by atoms with Crippen LogP contribution in [0.3, 0.4) is 0 Å².